The molecule has 43 heavy (non-hydrogen) atoms. The largest absolute Gasteiger partial charge is 0.393 e. The Labute approximate surface area is 262 Å². The topological polar surface area (TPSA) is 57.5 Å². The molecule has 0 spiro atoms. The molecule has 1 fully saturated rings. The smallest absolute Gasteiger partial charge is 0.162 e. The Balaban J connectivity index is 1.89. The molecule has 0 aromatic rings. The Morgan fingerprint density at radius 2 is 1.14 bits per heavy atom. The Morgan fingerprint density at radius 1 is 0.651 bits per heavy atom. The van der Waals surface area contributed by atoms with Crippen molar-refractivity contribution in [2.45, 2.75) is 107 Å². The van der Waals surface area contributed by atoms with Gasteiger partial charge in [-0.2, -0.15) is 0 Å². The molecule has 0 aliphatic heterocycles. The number of aliphatic hydroxyl groups is 2. The first-order chi connectivity index (χ1) is 20.0. The molecule has 0 saturated heterocycles. The van der Waals surface area contributed by atoms with Gasteiger partial charge in [-0.15, -0.1) is 0 Å². The molecule has 0 radical (unpaired) electrons. The summed E-state index contributed by atoms with van der Waals surface area (Å²) in [6.45, 7) is 20.9. The second kappa shape index (κ2) is 15.6. The van der Waals surface area contributed by atoms with Crippen LogP contribution in [0.25, 0.3) is 0 Å². The molecule has 2 aliphatic rings. The van der Waals surface area contributed by atoms with Gasteiger partial charge in [0, 0.05) is 5.41 Å². The zero-order valence-electron chi connectivity index (χ0n) is 28.4. The van der Waals surface area contributed by atoms with Gasteiger partial charge in [-0.1, -0.05) is 141 Å². The molecule has 0 amide bonds. The number of rotatable bonds is 11. The van der Waals surface area contributed by atoms with Crippen molar-refractivity contribution < 1.29 is 15.0 Å². The maximum atomic E-state index is 12.9. The molecule has 1 saturated carbocycles. The number of aliphatic hydroxyl groups excluding tert-OH is 2. The van der Waals surface area contributed by atoms with E-state index in [1.165, 1.54) is 16.7 Å². The summed E-state index contributed by atoms with van der Waals surface area (Å²) in [7, 11) is 0. The molecule has 2 rings (SSSR count). The van der Waals surface area contributed by atoms with Crippen LogP contribution in [0.5, 0.6) is 0 Å². The van der Waals surface area contributed by atoms with Gasteiger partial charge in [0.05, 0.1) is 12.2 Å². The highest BCUT2D eigenvalue weighted by atomic mass is 16.3. The monoisotopic (exact) mass is 584 g/mol. The fraction of sp³-hybridized carbons (Fsp3) is 0.475. The second-order valence-electron chi connectivity index (χ2n) is 14.2. The van der Waals surface area contributed by atoms with Gasteiger partial charge in [-0.25, -0.2) is 0 Å². The third-order valence-electron chi connectivity index (χ3n) is 9.18. The van der Waals surface area contributed by atoms with Gasteiger partial charge >= 0.3 is 0 Å². The molecule has 2 N–H and O–H groups in total. The van der Waals surface area contributed by atoms with Crippen LogP contribution in [-0.2, 0) is 4.79 Å². The Kier molecular flexibility index (Phi) is 13.2. The maximum Gasteiger partial charge on any atom is 0.162 e. The molecular weight excluding hydrogens is 528 g/mol. The van der Waals surface area contributed by atoms with Crippen molar-refractivity contribution in [3.05, 3.63) is 119 Å². The zero-order valence-corrected chi connectivity index (χ0v) is 28.4. The van der Waals surface area contributed by atoms with Crippen LogP contribution in [0.1, 0.15) is 94.9 Å². The van der Waals surface area contributed by atoms with E-state index in [4.69, 9.17) is 0 Å². The zero-order chi connectivity index (χ0) is 32.4. The number of hydrogen-bond acceptors (Lipinski definition) is 3. The van der Waals surface area contributed by atoms with Crippen molar-refractivity contribution in [1.82, 2.24) is 0 Å². The highest BCUT2D eigenvalue weighted by Crippen LogP contribution is 2.53. The first kappa shape index (κ1) is 36.2. The minimum atomic E-state index is -0.532. The molecule has 0 aromatic heterocycles. The number of carbonyl (C=O) groups is 1. The number of carbonyl (C=O) groups excluding carboxylic acids is 1. The van der Waals surface area contributed by atoms with Gasteiger partial charge in [0.15, 0.2) is 5.78 Å². The van der Waals surface area contributed by atoms with Gasteiger partial charge in [0.2, 0.25) is 0 Å². The number of hydrogen-bond donors (Lipinski definition) is 2. The molecule has 2 aliphatic carbocycles. The lowest BCUT2D eigenvalue weighted by Crippen LogP contribution is -2.36. The van der Waals surface area contributed by atoms with Crippen LogP contribution in [0.3, 0.4) is 0 Å². The summed E-state index contributed by atoms with van der Waals surface area (Å²) in [6.07, 6.45) is 30.6. The summed E-state index contributed by atoms with van der Waals surface area (Å²) in [5, 5.41) is 20.2. The van der Waals surface area contributed by atoms with E-state index in [0.29, 0.717) is 12.8 Å². The summed E-state index contributed by atoms with van der Waals surface area (Å²) >= 11 is 0. The van der Waals surface area contributed by atoms with Crippen molar-refractivity contribution in [1.29, 1.82) is 0 Å². The molecule has 3 nitrogen and oxygen atoms in total. The molecular formula is C40H56O3. The van der Waals surface area contributed by atoms with Crippen LogP contribution in [0.4, 0.5) is 0 Å². The van der Waals surface area contributed by atoms with E-state index < -0.39 is 11.5 Å². The van der Waals surface area contributed by atoms with Gasteiger partial charge in [-0.05, 0) is 82.8 Å². The van der Waals surface area contributed by atoms with Crippen LogP contribution in [0.2, 0.25) is 0 Å². The Morgan fingerprint density at radius 3 is 1.63 bits per heavy atom. The van der Waals surface area contributed by atoms with Crippen molar-refractivity contribution in [3.63, 3.8) is 0 Å². The van der Waals surface area contributed by atoms with Gasteiger partial charge in [0.25, 0.3) is 0 Å². The SMILES string of the molecule is CC1=C(/C=C/C(C)=C/C=C/C(C)=C/C=C/C=C(C)/C=C/C=C(\C)C=CC(=O)[C@]2(C)C[C@@H](O)CC2(C)C)C(C)(C)C[C@H](O)C1. The number of ketones is 1. The summed E-state index contributed by atoms with van der Waals surface area (Å²) in [6, 6.07) is 0. The van der Waals surface area contributed by atoms with E-state index >= 15 is 0 Å². The summed E-state index contributed by atoms with van der Waals surface area (Å²) in [5.74, 6) is 0.0853. The highest BCUT2D eigenvalue weighted by molar-refractivity contribution is 5.95. The van der Waals surface area contributed by atoms with Crippen molar-refractivity contribution in [2.75, 3.05) is 0 Å². The molecule has 234 valence electrons. The predicted octanol–water partition coefficient (Wildman–Crippen LogP) is 9.81. The van der Waals surface area contributed by atoms with Crippen LogP contribution in [0, 0.1) is 16.2 Å². The first-order valence-corrected chi connectivity index (χ1v) is 15.7. The van der Waals surface area contributed by atoms with E-state index in [1.54, 1.807) is 6.08 Å². The minimum Gasteiger partial charge on any atom is -0.393 e. The van der Waals surface area contributed by atoms with Crippen molar-refractivity contribution >= 4 is 5.78 Å². The van der Waals surface area contributed by atoms with Crippen molar-refractivity contribution in [2.24, 2.45) is 16.2 Å². The van der Waals surface area contributed by atoms with E-state index in [2.05, 4.69) is 97.9 Å². The summed E-state index contributed by atoms with van der Waals surface area (Å²) in [4.78, 5) is 12.9. The fourth-order valence-corrected chi connectivity index (χ4v) is 6.19. The number of allylic oxidation sites excluding steroid dienone is 19. The minimum absolute atomic E-state index is 0.00528. The fourth-order valence-electron chi connectivity index (χ4n) is 6.19. The summed E-state index contributed by atoms with van der Waals surface area (Å²) in [5.41, 5.74) is 6.34. The molecule has 3 heteroatoms. The Hall–Kier alpha value is -3.01. The van der Waals surface area contributed by atoms with Crippen LogP contribution in [-0.4, -0.2) is 28.2 Å². The van der Waals surface area contributed by atoms with Crippen LogP contribution >= 0.6 is 0 Å². The third-order valence-corrected chi connectivity index (χ3v) is 9.18. The molecule has 0 unspecified atom stereocenters. The average molecular weight is 585 g/mol. The van der Waals surface area contributed by atoms with Crippen LogP contribution in [0.15, 0.2) is 119 Å². The second-order valence-corrected chi connectivity index (χ2v) is 14.2. The third kappa shape index (κ3) is 10.9. The first-order valence-electron chi connectivity index (χ1n) is 15.7. The standard InChI is InChI=1S/C40H56O3/c1-29(17-13-19-31(3)21-23-36-33(5)25-34(41)26-38(36,6)7)15-11-12-16-30(2)18-14-20-32(4)22-24-37(43)40(10)28-35(42)27-39(40,8)9/h11-24,34-35,41-42H,25-28H2,1-10H3/b12-11+,17-13+,18-14+,23-21+,24-22?,29-15+,30-16+,31-19+,32-20+/t34-,35+,40+/m1/s1. The van der Waals surface area contributed by atoms with Crippen molar-refractivity contribution in [3.8, 4) is 0 Å². The quantitative estimate of drug-likeness (QED) is 0.188. The van der Waals surface area contributed by atoms with Gasteiger partial charge in [0.1, 0.15) is 0 Å². The highest BCUT2D eigenvalue weighted by Gasteiger charge is 2.52. The van der Waals surface area contributed by atoms with Gasteiger partial charge in [-0.3, -0.25) is 4.79 Å². The molecule has 0 bridgehead atoms. The van der Waals surface area contributed by atoms with E-state index in [-0.39, 0.29) is 22.7 Å². The lowest BCUT2D eigenvalue weighted by atomic mass is 9.66. The van der Waals surface area contributed by atoms with Gasteiger partial charge < -0.3 is 10.2 Å². The maximum absolute atomic E-state index is 12.9. The molecule has 0 heterocycles. The summed E-state index contributed by atoms with van der Waals surface area (Å²) < 4.78 is 0. The lowest BCUT2D eigenvalue weighted by molar-refractivity contribution is -0.127. The lowest BCUT2D eigenvalue weighted by Gasteiger charge is -2.35. The van der Waals surface area contributed by atoms with E-state index in [0.717, 1.165) is 29.6 Å². The Bertz CT molecular complexity index is 1310. The average Bonchev–Trinajstić information content (AvgIpc) is 3.10. The van der Waals surface area contributed by atoms with Crippen LogP contribution < -0.4 is 0 Å². The normalized spacial score (nSPS) is 27.7. The van der Waals surface area contributed by atoms with E-state index in [1.807, 2.05) is 50.3 Å². The predicted molar refractivity (Wildman–Crippen MR) is 185 cm³/mol. The molecule has 3 atom stereocenters. The van der Waals surface area contributed by atoms with E-state index in [9.17, 15) is 15.0 Å². The molecule has 0 aromatic carbocycles.